The summed E-state index contributed by atoms with van der Waals surface area (Å²) in [6.45, 7) is 5.61. The Morgan fingerprint density at radius 1 is 0.968 bits per heavy atom. The van der Waals surface area contributed by atoms with Gasteiger partial charge in [0.15, 0.2) is 0 Å². The number of benzene rings is 1. The first-order chi connectivity index (χ1) is 14.0. The van der Waals surface area contributed by atoms with Gasteiger partial charge in [-0.3, -0.25) is 9.35 Å². The summed E-state index contributed by atoms with van der Waals surface area (Å²) in [5.41, 5.74) is 1.43. The maximum Gasteiger partial charge on any atom is 0.426 e. The lowest BCUT2D eigenvalue weighted by atomic mass is 9.89. The number of hydrogen-bond donors (Lipinski definition) is 2. The molecule has 0 bridgehead atoms. The van der Waals surface area contributed by atoms with Crippen LogP contribution < -0.4 is 0 Å². The van der Waals surface area contributed by atoms with E-state index < -0.39 is 59.1 Å². The quantitative estimate of drug-likeness (QED) is 0.432. The molecular formula is C18H21F3O9S. The number of carbonyl (C=O) groups is 3. The minimum Gasteiger partial charge on any atom is -0.478 e. The van der Waals surface area contributed by atoms with E-state index >= 15 is 0 Å². The van der Waals surface area contributed by atoms with Crippen molar-refractivity contribution in [2.24, 2.45) is 0 Å². The third-order valence-electron chi connectivity index (χ3n) is 4.65. The van der Waals surface area contributed by atoms with Gasteiger partial charge < -0.3 is 14.6 Å². The number of aromatic carboxylic acids is 1. The summed E-state index contributed by atoms with van der Waals surface area (Å²) in [6.07, 6.45) is -9.23. The van der Waals surface area contributed by atoms with Crippen LogP contribution in [0.2, 0.25) is 0 Å². The third kappa shape index (κ3) is 6.92. The Bertz CT molecular complexity index is 998. The van der Waals surface area contributed by atoms with E-state index in [2.05, 4.69) is 4.74 Å². The van der Waals surface area contributed by atoms with Gasteiger partial charge >= 0.3 is 24.1 Å². The number of ether oxygens (including phenoxy) is 2. The first-order valence-electron chi connectivity index (χ1n) is 8.69. The van der Waals surface area contributed by atoms with Crippen molar-refractivity contribution in [2.45, 2.75) is 46.4 Å². The zero-order chi connectivity index (χ0) is 24.3. The second-order valence-corrected chi connectivity index (χ2v) is 8.21. The number of alkyl halides is 3. The van der Waals surface area contributed by atoms with Crippen LogP contribution in [-0.2, 0) is 24.4 Å². The Balaban J connectivity index is 2.93. The van der Waals surface area contributed by atoms with Gasteiger partial charge in [0.25, 0.3) is 10.1 Å². The highest BCUT2D eigenvalue weighted by Crippen LogP contribution is 2.28. The zero-order valence-electron chi connectivity index (χ0n) is 17.0. The van der Waals surface area contributed by atoms with Gasteiger partial charge in [-0.05, 0) is 49.9 Å². The fraction of sp³-hybridized carbons (Fsp3) is 0.500. The van der Waals surface area contributed by atoms with Crippen molar-refractivity contribution >= 4 is 28.0 Å². The molecule has 0 aliphatic rings. The van der Waals surface area contributed by atoms with E-state index in [0.717, 1.165) is 0 Å². The maximum atomic E-state index is 12.8. The van der Waals surface area contributed by atoms with Gasteiger partial charge in [0.2, 0.25) is 6.10 Å². The van der Waals surface area contributed by atoms with Crippen molar-refractivity contribution in [1.82, 2.24) is 0 Å². The van der Waals surface area contributed by atoms with Crippen molar-refractivity contribution in [3.8, 4) is 0 Å². The van der Waals surface area contributed by atoms with Gasteiger partial charge in [-0.2, -0.15) is 21.6 Å². The molecule has 0 aliphatic carbocycles. The fourth-order valence-corrected chi connectivity index (χ4v) is 3.38. The summed E-state index contributed by atoms with van der Waals surface area (Å²) in [7, 11) is -5.09. The monoisotopic (exact) mass is 470 g/mol. The van der Waals surface area contributed by atoms with Crippen LogP contribution in [0.25, 0.3) is 0 Å². The number of carbonyl (C=O) groups excluding carboxylic acids is 2. The number of rotatable bonds is 8. The molecule has 0 aliphatic heterocycles. The Morgan fingerprint density at radius 3 is 1.87 bits per heavy atom. The lowest BCUT2D eigenvalue weighted by molar-refractivity contribution is -0.215. The standard InChI is InChI=1S/C18H21F3O9S/c1-8-9(2)11(4)15(14(10(8)3)16(23)24)17(25)29-6-5-13(22)30-12(18(19,20)21)7-31(26,27)28/h12H,5-7H2,1-4H3,(H,23,24)(H,26,27,28). The molecule has 13 heteroatoms. The van der Waals surface area contributed by atoms with E-state index in [4.69, 9.17) is 9.29 Å². The Hall–Kier alpha value is -2.67. The summed E-state index contributed by atoms with van der Waals surface area (Å²) in [5, 5.41) is 9.46. The number of carboxylic acid groups (broad SMARTS) is 1. The molecule has 31 heavy (non-hydrogen) atoms. The van der Waals surface area contributed by atoms with Crippen LogP contribution >= 0.6 is 0 Å². The van der Waals surface area contributed by atoms with Gasteiger partial charge in [-0.1, -0.05) is 0 Å². The highest BCUT2D eigenvalue weighted by atomic mass is 32.2. The van der Waals surface area contributed by atoms with Crippen molar-refractivity contribution < 1.29 is 55.1 Å². The molecule has 0 heterocycles. The minimum atomic E-state index is -5.26. The van der Waals surface area contributed by atoms with E-state index in [9.17, 15) is 41.1 Å². The molecule has 1 aromatic rings. The van der Waals surface area contributed by atoms with E-state index in [0.29, 0.717) is 22.3 Å². The highest BCUT2D eigenvalue weighted by molar-refractivity contribution is 7.85. The summed E-state index contributed by atoms with van der Waals surface area (Å²) < 4.78 is 77.1. The molecule has 9 nitrogen and oxygen atoms in total. The molecule has 2 N–H and O–H groups in total. The van der Waals surface area contributed by atoms with Crippen LogP contribution in [0, 0.1) is 27.7 Å². The Labute approximate surface area is 175 Å². The Kier molecular flexibility index (Phi) is 8.20. The predicted molar refractivity (Wildman–Crippen MR) is 99.6 cm³/mol. The van der Waals surface area contributed by atoms with Crippen LogP contribution in [-0.4, -0.2) is 60.6 Å². The van der Waals surface area contributed by atoms with Gasteiger partial charge in [0, 0.05) is 0 Å². The molecule has 1 rings (SSSR count). The molecule has 0 radical (unpaired) electrons. The molecule has 0 fully saturated rings. The number of hydrogen-bond acceptors (Lipinski definition) is 7. The lowest BCUT2D eigenvalue weighted by Crippen LogP contribution is -2.39. The zero-order valence-corrected chi connectivity index (χ0v) is 17.8. The molecule has 0 saturated heterocycles. The number of esters is 2. The number of halogens is 3. The van der Waals surface area contributed by atoms with Crippen molar-refractivity contribution in [3.05, 3.63) is 33.4 Å². The van der Waals surface area contributed by atoms with Gasteiger partial charge in [-0.15, -0.1) is 0 Å². The molecule has 1 unspecified atom stereocenters. The van der Waals surface area contributed by atoms with Crippen LogP contribution in [0.15, 0.2) is 0 Å². The molecule has 0 aromatic heterocycles. The smallest absolute Gasteiger partial charge is 0.426 e. The molecule has 1 aromatic carbocycles. The first kappa shape index (κ1) is 26.4. The first-order valence-corrected chi connectivity index (χ1v) is 10.3. The normalized spacial score (nSPS) is 12.9. The summed E-state index contributed by atoms with van der Waals surface area (Å²) in [4.78, 5) is 35.7. The van der Waals surface area contributed by atoms with E-state index in [1.54, 1.807) is 13.8 Å². The van der Waals surface area contributed by atoms with Crippen LogP contribution in [0.1, 0.15) is 49.4 Å². The SMILES string of the molecule is Cc1c(C)c(C)c(C(=O)OCCC(=O)OC(CS(=O)(=O)O)C(F)(F)F)c(C(=O)O)c1C. The second-order valence-electron chi connectivity index (χ2n) is 6.71. The minimum absolute atomic E-state index is 0.249. The third-order valence-corrected chi connectivity index (χ3v) is 5.37. The molecule has 174 valence electrons. The average molecular weight is 470 g/mol. The van der Waals surface area contributed by atoms with Gasteiger partial charge in [-0.25, -0.2) is 9.59 Å². The number of carboxylic acids is 1. The largest absolute Gasteiger partial charge is 0.478 e. The lowest BCUT2D eigenvalue weighted by Gasteiger charge is -2.19. The summed E-state index contributed by atoms with van der Waals surface area (Å²) >= 11 is 0. The van der Waals surface area contributed by atoms with Crippen LogP contribution in [0.3, 0.4) is 0 Å². The summed E-state index contributed by atoms with van der Waals surface area (Å²) in [6, 6.07) is 0. The fourth-order valence-electron chi connectivity index (χ4n) is 2.74. The molecule has 0 amide bonds. The van der Waals surface area contributed by atoms with Gasteiger partial charge in [0.05, 0.1) is 17.5 Å². The average Bonchev–Trinajstić information content (AvgIpc) is 2.59. The van der Waals surface area contributed by atoms with Gasteiger partial charge in [0.1, 0.15) is 12.4 Å². The van der Waals surface area contributed by atoms with Crippen LogP contribution in [0.5, 0.6) is 0 Å². The van der Waals surface area contributed by atoms with Crippen molar-refractivity contribution in [3.63, 3.8) is 0 Å². The van der Waals surface area contributed by atoms with Crippen LogP contribution in [0.4, 0.5) is 13.2 Å². The molecular weight excluding hydrogens is 449 g/mol. The van der Waals surface area contributed by atoms with E-state index in [-0.39, 0.29) is 11.1 Å². The Morgan fingerprint density at radius 2 is 1.45 bits per heavy atom. The topological polar surface area (TPSA) is 144 Å². The predicted octanol–water partition coefficient (Wildman–Crippen LogP) is 2.53. The maximum absolute atomic E-state index is 12.8. The second kappa shape index (κ2) is 9.64. The highest BCUT2D eigenvalue weighted by Gasteiger charge is 2.45. The van der Waals surface area contributed by atoms with Crippen molar-refractivity contribution in [1.29, 1.82) is 0 Å². The summed E-state index contributed by atoms with van der Waals surface area (Å²) in [5.74, 6) is -5.90. The van der Waals surface area contributed by atoms with E-state index in [1.807, 2.05) is 0 Å². The molecule has 1 atom stereocenters. The van der Waals surface area contributed by atoms with E-state index in [1.165, 1.54) is 13.8 Å². The molecule has 0 saturated carbocycles. The van der Waals surface area contributed by atoms with Crippen molar-refractivity contribution in [2.75, 3.05) is 12.4 Å². The molecule has 0 spiro atoms.